The SMILES string of the molecule is CC(C)CCC[C@@H](C)[C@H]1CC[C@H]2[C@@H]3CC=C4C[C@@H](C)CC[C@]4(C)[C@H]3CC[C@]12C.CCC[C@@H]1CC[C@@]2(C)[C@@H](CC[C@H]3[C@@H]4CCC[C@@]4(C)CC[C@@H]32)C1.CCC[C@H]1CC[C@@]2(C)C(=CC[C@H]3[C@@H]4CC[C@H]([C@H](C)CCCC(C)C)[C@@]4(C)CC[C@@H]32)C1.CC[C@@H]1CC[C@@]2(C)[C@@H](CC[C@H]3[C@@H]4CCC[C@@]4(C)CC[C@@H]32)C1.CC[C@H]1CC[C@@]2(C)C(=CC[C@H]3[C@@H]4CC[C@H]([C@H](C)CCCC(C)C)[C@@]4(C)CC[C@@H]32)C1.C[C@@H]1CC[C@@]2(C)[C@@H](CC[C@H]3[C@@H]4CCC[C@@]4(C)CC[C@@H]32)C1. The molecule has 0 heteroatoms. The minimum absolute atomic E-state index is 0.551. The normalized spacial score (nSPS) is 50.0. The molecule has 24 rings (SSSR count). The van der Waals surface area contributed by atoms with E-state index in [-0.39, 0.29) is 0 Å². The Kier molecular flexibility index (Phi) is 37.1. The largest absolute Gasteiger partial charge is 0.0845 e. The Labute approximate surface area is 936 Å². The summed E-state index contributed by atoms with van der Waals surface area (Å²) < 4.78 is 0. The molecule has 0 saturated heterocycles. The Hall–Kier alpha value is -0.780. The first kappa shape index (κ1) is 117. The van der Waals surface area contributed by atoms with Crippen LogP contribution in [0.3, 0.4) is 0 Å². The molecule has 21 fully saturated rings. The van der Waals surface area contributed by atoms with Crippen molar-refractivity contribution in [2.24, 2.45) is 278 Å². The molecule has 0 radical (unpaired) electrons. The predicted molar refractivity (Wildman–Crippen MR) is 651 cm³/mol. The van der Waals surface area contributed by atoms with Crippen LogP contribution in [0.15, 0.2) is 34.9 Å². The van der Waals surface area contributed by atoms with Crippen LogP contribution in [0.4, 0.5) is 0 Å². The highest BCUT2D eigenvalue weighted by Crippen LogP contribution is 2.76. The van der Waals surface area contributed by atoms with E-state index in [0.717, 1.165) is 246 Å². The van der Waals surface area contributed by atoms with Crippen LogP contribution in [-0.4, -0.2) is 0 Å². The van der Waals surface area contributed by atoms with Crippen LogP contribution in [0.25, 0.3) is 0 Å². The van der Waals surface area contributed by atoms with Gasteiger partial charge in [-0.05, 0) is 599 Å². The predicted octanol–water partition coefficient (Wildman–Crippen LogP) is 46.5. The third-order valence-corrected chi connectivity index (χ3v) is 59.7. The summed E-state index contributed by atoms with van der Waals surface area (Å²) >= 11 is 0. The average Bonchev–Trinajstić information content (AvgIpc) is 1.56. The van der Waals surface area contributed by atoms with Crippen LogP contribution in [-0.2, 0) is 0 Å². The molecule has 0 aromatic carbocycles. The topological polar surface area (TPSA) is 0 Å². The second-order valence-electron chi connectivity index (χ2n) is 68.2. The second-order valence-corrected chi connectivity index (χ2v) is 68.2. The minimum Gasteiger partial charge on any atom is -0.0845 e. The van der Waals surface area contributed by atoms with Crippen molar-refractivity contribution in [2.75, 3.05) is 0 Å². The van der Waals surface area contributed by atoms with Gasteiger partial charge < -0.3 is 0 Å². The number of rotatable bonds is 21. The van der Waals surface area contributed by atoms with Crippen LogP contribution in [0.5, 0.6) is 0 Å². The zero-order valence-corrected chi connectivity index (χ0v) is 106. The molecular formula is C150H258. The van der Waals surface area contributed by atoms with Gasteiger partial charge in [-0.3, -0.25) is 0 Å². The van der Waals surface area contributed by atoms with Crippen molar-refractivity contribution in [3.05, 3.63) is 34.9 Å². The standard InChI is InChI=1S/C30H52.C29H50.C28H48.C22H38.C21H36.C20H34/c1-7-9-23-16-18-29(5)24(20-23)12-13-25-27-15-14-26(22(4)11-8-10-21(2)3)30(27,6)19-17-28(25)29;1-7-22-15-17-28(5)23(19-22)11-12-24-26-14-13-25(21(4)10-8-9-20(2)3)29(26,6)18-16-27(24)28;1-19(2)8-7-9-21(4)24-12-13-25-23-11-10-22-18-20(3)14-16-27(22,5)26(23)15-17-28(24,25)6;1-4-6-16-10-14-22(3)17(15-16)8-9-18-19-7-5-12-21(19,2)13-11-20(18)22;1-4-15-9-13-21(3)16(14-15)7-8-17-18-6-5-11-20(18,2)12-10-19(17)21;1-14-8-12-20(3)15(13-14)6-7-16-17-5-4-10-19(17,2)11-9-18(16)20/h12,21-23,25-28H,7-11,13-20H2,1-6H3;11,20-22,24-27H,7-10,12-19H2,1-6H3;10,19-21,23-26H,7-9,11-18H2,1-6H3;16-20H,4-15H2,1-3H3;15-19H,4-14H2,1-3H3;14-18H,4-13H2,1-3H3/t22-,23+,25+,26-,27+,28+,29+,30-;21-,22+,24+,25-,26+,27+,28+,29-;20-,21+,23-,24+,25-,26-,27-,28+;16-,17+,18+,19+,20+,21+,22+;15-,16+,17+,18+,19+,20+,21+;14-,15+,16+,17+,18+,19+,20+/m110111/s1. The third-order valence-electron chi connectivity index (χ3n) is 59.7. The maximum absolute atomic E-state index is 2.79. The quantitative estimate of drug-likeness (QED) is 0.101. The van der Waals surface area contributed by atoms with Gasteiger partial charge in [0.15, 0.2) is 0 Å². The fraction of sp³-hybridized carbons (Fsp3) is 0.960. The summed E-state index contributed by atoms with van der Waals surface area (Å²) in [7, 11) is 0. The molecule has 0 nitrogen and oxygen atoms in total. The second kappa shape index (κ2) is 47.4. The molecule has 0 aromatic heterocycles. The van der Waals surface area contributed by atoms with Gasteiger partial charge in [-0.1, -0.05) is 344 Å². The van der Waals surface area contributed by atoms with Crippen molar-refractivity contribution in [1.29, 1.82) is 0 Å². The first-order chi connectivity index (χ1) is 71.5. The van der Waals surface area contributed by atoms with Gasteiger partial charge in [0.05, 0.1) is 0 Å². The molecule has 0 heterocycles. The highest BCUT2D eigenvalue weighted by atomic mass is 14.7. The molecule has 0 spiro atoms. The lowest BCUT2D eigenvalue weighted by molar-refractivity contribution is -0.111. The third kappa shape index (κ3) is 22.4. The lowest BCUT2D eigenvalue weighted by Crippen LogP contribution is -2.52. The molecule has 0 aromatic rings. The summed E-state index contributed by atoms with van der Waals surface area (Å²) in [4.78, 5) is 0. The highest BCUT2D eigenvalue weighted by molar-refractivity contribution is 5.30. The van der Waals surface area contributed by atoms with Gasteiger partial charge in [0.2, 0.25) is 0 Å². The smallest absolute Gasteiger partial charge is 0.00851 e. The van der Waals surface area contributed by atoms with Gasteiger partial charge in [-0.25, -0.2) is 0 Å². The van der Waals surface area contributed by atoms with Crippen molar-refractivity contribution in [2.45, 2.75) is 630 Å². The van der Waals surface area contributed by atoms with E-state index < -0.39 is 0 Å². The van der Waals surface area contributed by atoms with E-state index in [0.29, 0.717) is 32.5 Å². The van der Waals surface area contributed by atoms with Crippen LogP contribution < -0.4 is 0 Å². The fourth-order valence-electron chi connectivity index (χ4n) is 50.6. The van der Waals surface area contributed by atoms with Crippen molar-refractivity contribution in [1.82, 2.24) is 0 Å². The molecule has 45 atom stereocenters. The van der Waals surface area contributed by atoms with E-state index in [1.165, 1.54) is 289 Å². The van der Waals surface area contributed by atoms with Crippen LogP contribution in [0, 0.1) is 278 Å². The number of fused-ring (bicyclic) bond motifs is 30. The highest BCUT2D eigenvalue weighted by Gasteiger charge is 2.67. The molecule has 858 valence electrons. The summed E-state index contributed by atoms with van der Waals surface area (Å²) in [5, 5.41) is 0. The molecule has 0 amide bonds. The molecule has 0 N–H and O–H groups in total. The Morgan fingerprint density at radius 2 is 0.540 bits per heavy atom. The lowest BCUT2D eigenvalue weighted by atomic mass is 9.44. The molecule has 0 bridgehead atoms. The molecule has 24 aliphatic rings. The van der Waals surface area contributed by atoms with Gasteiger partial charge in [-0.15, -0.1) is 0 Å². The van der Waals surface area contributed by atoms with Crippen LogP contribution in [0.2, 0.25) is 0 Å². The number of hydrogen-bond acceptors (Lipinski definition) is 0. The molecule has 150 heavy (non-hydrogen) atoms. The monoisotopic (exact) mass is 2060 g/mol. The average molecular weight is 2060 g/mol. The summed E-state index contributed by atoms with van der Waals surface area (Å²) in [5.41, 5.74) is 13.6. The lowest BCUT2D eigenvalue weighted by Gasteiger charge is -2.60. The fourth-order valence-corrected chi connectivity index (χ4v) is 50.6. The Bertz CT molecular complexity index is 4390. The van der Waals surface area contributed by atoms with Crippen molar-refractivity contribution in [3.8, 4) is 0 Å². The zero-order chi connectivity index (χ0) is 106. The Morgan fingerprint density at radius 1 is 0.240 bits per heavy atom. The van der Waals surface area contributed by atoms with Gasteiger partial charge in [0.25, 0.3) is 0 Å². The molecule has 21 saturated carbocycles. The van der Waals surface area contributed by atoms with E-state index in [9.17, 15) is 0 Å². The van der Waals surface area contributed by atoms with E-state index in [1.807, 2.05) is 16.7 Å². The maximum atomic E-state index is 2.79. The Morgan fingerprint density at radius 3 is 0.913 bits per heavy atom. The molecule has 24 aliphatic carbocycles. The van der Waals surface area contributed by atoms with E-state index >= 15 is 0 Å². The van der Waals surface area contributed by atoms with E-state index in [1.54, 1.807) is 154 Å². The van der Waals surface area contributed by atoms with Crippen molar-refractivity contribution >= 4 is 0 Å². The van der Waals surface area contributed by atoms with Crippen molar-refractivity contribution in [3.63, 3.8) is 0 Å². The maximum Gasteiger partial charge on any atom is -0.00851 e. The Balaban J connectivity index is 0.000000114. The molecule has 0 unspecified atom stereocenters. The first-order valence-corrected chi connectivity index (χ1v) is 70.6. The minimum atomic E-state index is 0.551. The summed E-state index contributed by atoms with van der Waals surface area (Å²) in [6.07, 6.45) is 112. The van der Waals surface area contributed by atoms with Gasteiger partial charge in [0.1, 0.15) is 0 Å². The summed E-state index contributed by atoms with van der Waals surface area (Å²) in [5.74, 6) is 36.5. The number of hydrogen-bond donors (Lipinski definition) is 0. The van der Waals surface area contributed by atoms with E-state index in [2.05, 4.69) is 205 Å². The molecule has 0 aliphatic heterocycles. The van der Waals surface area contributed by atoms with Gasteiger partial charge in [0, 0.05) is 0 Å². The van der Waals surface area contributed by atoms with Crippen molar-refractivity contribution < 1.29 is 0 Å². The summed E-state index contributed by atoms with van der Waals surface area (Å²) in [6, 6.07) is 0. The van der Waals surface area contributed by atoms with Gasteiger partial charge >= 0.3 is 0 Å². The van der Waals surface area contributed by atoms with Crippen LogP contribution >= 0.6 is 0 Å². The first-order valence-electron chi connectivity index (χ1n) is 70.6. The van der Waals surface area contributed by atoms with Gasteiger partial charge in [-0.2, -0.15) is 0 Å². The number of allylic oxidation sites excluding steroid dienone is 6. The summed E-state index contributed by atoms with van der Waals surface area (Å²) in [6.45, 7) is 69.1. The van der Waals surface area contributed by atoms with E-state index in [4.69, 9.17) is 0 Å². The molecular weight excluding hydrogens is 1800 g/mol. The zero-order valence-electron chi connectivity index (χ0n) is 106. The van der Waals surface area contributed by atoms with Crippen LogP contribution in [0.1, 0.15) is 630 Å².